The van der Waals surface area contributed by atoms with Crippen LogP contribution in [0.15, 0.2) is 24.5 Å². The second-order valence-electron chi connectivity index (χ2n) is 4.30. The Balaban J connectivity index is 0.000001000. The zero-order valence-electron chi connectivity index (χ0n) is 11.2. The fourth-order valence-electron chi connectivity index (χ4n) is 2.29. The minimum atomic E-state index is 0. The van der Waals surface area contributed by atoms with E-state index in [9.17, 15) is 0 Å². The van der Waals surface area contributed by atoms with Gasteiger partial charge in [0.2, 0.25) is 5.88 Å². The van der Waals surface area contributed by atoms with E-state index in [2.05, 4.69) is 19.9 Å². The van der Waals surface area contributed by atoms with Crippen molar-refractivity contribution in [2.45, 2.75) is 13.0 Å². The van der Waals surface area contributed by atoms with Gasteiger partial charge in [0.15, 0.2) is 0 Å². The lowest BCUT2D eigenvalue weighted by Crippen LogP contribution is -2.17. The Bertz CT molecular complexity index is 559. The number of hydrogen-bond donors (Lipinski definition) is 1. The zero-order chi connectivity index (χ0) is 12.4. The van der Waals surface area contributed by atoms with Crippen molar-refractivity contribution in [3.8, 4) is 17.1 Å². The summed E-state index contributed by atoms with van der Waals surface area (Å²) in [6.07, 6.45) is 4.68. The molecule has 110 valence electrons. The van der Waals surface area contributed by atoms with Gasteiger partial charge in [0, 0.05) is 43.9 Å². The molecule has 5 nitrogen and oxygen atoms in total. The molecule has 0 radical (unpaired) electrons. The van der Waals surface area contributed by atoms with E-state index in [1.54, 1.807) is 13.3 Å². The molecular formula is C13H18Cl2N4O. The number of pyridine rings is 1. The highest BCUT2D eigenvalue weighted by Crippen LogP contribution is 2.24. The van der Waals surface area contributed by atoms with Crippen LogP contribution in [0.25, 0.3) is 11.3 Å². The Morgan fingerprint density at radius 1 is 1.25 bits per heavy atom. The Morgan fingerprint density at radius 2 is 2.10 bits per heavy atom. The average molecular weight is 317 g/mol. The first kappa shape index (κ1) is 16.8. The zero-order valence-corrected chi connectivity index (χ0v) is 12.8. The standard InChI is InChI=1S/C13H16N4O.2ClH/c1-18-13-8-10(2-5-15-13)11-9-16-12-3-4-14-6-7-17(11)12;;/h2,5,8-9,14H,3-4,6-7H2,1H3;2*1H. The first-order valence-corrected chi connectivity index (χ1v) is 6.14. The Labute approximate surface area is 130 Å². The lowest BCUT2D eigenvalue weighted by Gasteiger charge is -2.09. The van der Waals surface area contributed by atoms with E-state index in [1.165, 1.54) is 0 Å². The van der Waals surface area contributed by atoms with E-state index < -0.39 is 0 Å². The summed E-state index contributed by atoms with van der Waals surface area (Å²) in [4.78, 5) is 8.64. The predicted octanol–water partition coefficient (Wildman–Crippen LogP) is 1.94. The normalized spacial score (nSPS) is 13.4. The molecule has 0 aromatic carbocycles. The van der Waals surface area contributed by atoms with Crippen molar-refractivity contribution in [3.63, 3.8) is 0 Å². The Kier molecular flexibility index (Phi) is 6.26. The van der Waals surface area contributed by atoms with Crippen LogP contribution in [0.5, 0.6) is 5.88 Å². The van der Waals surface area contributed by atoms with Crippen molar-refractivity contribution in [1.29, 1.82) is 0 Å². The van der Waals surface area contributed by atoms with E-state index >= 15 is 0 Å². The monoisotopic (exact) mass is 316 g/mol. The smallest absolute Gasteiger partial charge is 0.213 e. The molecule has 2 aromatic heterocycles. The van der Waals surface area contributed by atoms with Crippen molar-refractivity contribution in [2.24, 2.45) is 0 Å². The number of imidazole rings is 1. The molecular weight excluding hydrogens is 299 g/mol. The molecule has 0 saturated heterocycles. The van der Waals surface area contributed by atoms with Gasteiger partial charge in [-0.3, -0.25) is 0 Å². The molecule has 0 unspecified atom stereocenters. The first-order chi connectivity index (χ1) is 8.88. The van der Waals surface area contributed by atoms with Gasteiger partial charge in [-0.05, 0) is 6.07 Å². The van der Waals surface area contributed by atoms with Gasteiger partial charge in [-0.25, -0.2) is 9.97 Å². The van der Waals surface area contributed by atoms with Crippen LogP contribution in [0, 0.1) is 0 Å². The summed E-state index contributed by atoms with van der Waals surface area (Å²) < 4.78 is 7.44. The van der Waals surface area contributed by atoms with Gasteiger partial charge >= 0.3 is 0 Å². The number of nitrogens with zero attached hydrogens (tertiary/aromatic N) is 3. The SMILES string of the molecule is COc1cc(-c2cnc3n2CCNCC3)ccn1.Cl.Cl. The van der Waals surface area contributed by atoms with Gasteiger partial charge < -0.3 is 14.6 Å². The average Bonchev–Trinajstić information content (AvgIpc) is 2.68. The van der Waals surface area contributed by atoms with Gasteiger partial charge in [0.25, 0.3) is 0 Å². The fourth-order valence-corrected chi connectivity index (χ4v) is 2.29. The molecule has 1 N–H and O–H groups in total. The molecule has 1 aliphatic rings. The molecule has 20 heavy (non-hydrogen) atoms. The number of aromatic nitrogens is 3. The van der Waals surface area contributed by atoms with E-state index in [1.807, 2.05) is 18.3 Å². The van der Waals surface area contributed by atoms with E-state index in [0.29, 0.717) is 5.88 Å². The predicted molar refractivity (Wildman–Crippen MR) is 83.1 cm³/mol. The number of fused-ring (bicyclic) bond motifs is 1. The molecule has 0 spiro atoms. The first-order valence-electron chi connectivity index (χ1n) is 6.14. The molecule has 0 fully saturated rings. The Hall–Kier alpha value is -1.30. The Morgan fingerprint density at radius 3 is 2.90 bits per heavy atom. The van der Waals surface area contributed by atoms with Gasteiger partial charge in [0.05, 0.1) is 19.0 Å². The third kappa shape index (κ3) is 3.23. The minimum Gasteiger partial charge on any atom is -0.481 e. The van der Waals surface area contributed by atoms with Gasteiger partial charge in [-0.15, -0.1) is 24.8 Å². The number of halogens is 2. The highest BCUT2D eigenvalue weighted by Gasteiger charge is 2.14. The molecule has 0 bridgehead atoms. The summed E-state index contributed by atoms with van der Waals surface area (Å²) in [5.41, 5.74) is 2.23. The van der Waals surface area contributed by atoms with E-state index in [-0.39, 0.29) is 24.8 Å². The summed E-state index contributed by atoms with van der Waals surface area (Å²) in [7, 11) is 1.63. The maximum absolute atomic E-state index is 5.17. The fraction of sp³-hybridized carbons (Fsp3) is 0.385. The van der Waals surface area contributed by atoms with E-state index in [0.717, 1.165) is 43.1 Å². The molecule has 0 amide bonds. The number of methoxy groups -OCH3 is 1. The van der Waals surface area contributed by atoms with Crippen molar-refractivity contribution in [1.82, 2.24) is 19.9 Å². The number of hydrogen-bond acceptors (Lipinski definition) is 4. The van der Waals surface area contributed by atoms with Crippen LogP contribution >= 0.6 is 24.8 Å². The number of ether oxygens (including phenoxy) is 1. The largest absolute Gasteiger partial charge is 0.481 e. The quantitative estimate of drug-likeness (QED) is 0.920. The second kappa shape index (κ2) is 7.47. The summed E-state index contributed by atoms with van der Waals surface area (Å²) >= 11 is 0. The van der Waals surface area contributed by atoms with Crippen LogP contribution in [0.2, 0.25) is 0 Å². The highest BCUT2D eigenvalue weighted by atomic mass is 35.5. The molecule has 3 heterocycles. The summed E-state index contributed by atoms with van der Waals surface area (Å²) in [6, 6.07) is 3.94. The maximum Gasteiger partial charge on any atom is 0.213 e. The van der Waals surface area contributed by atoms with Crippen molar-refractivity contribution in [2.75, 3.05) is 20.2 Å². The van der Waals surface area contributed by atoms with Gasteiger partial charge in [-0.2, -0.15) is 0 Å². The number of rotatable bonds is 2. The maximum atomic E-state index is 5.17. The molecule has 0 aliphatic carbocycles. The summed E-state index contributed by atoms with van der Waals surface area (Å²) in [5.74, 6) is 1.78. The third-order valence-corrected chi connectivity index (χ3v) is 3.22. The number of nitrogens with one attached hydrogen (secondary N) is 1. The lowest BCUT2D eigenvalue weighted by atomic mass is 10.2. The van der Waals surface area contributed by atoms with Crippen LogP contribution in [-0.2, 0) is 13.0 Å². The molecule has 0 atom stereocenters. The molecule has 3 rings (SSSR count). The van der Waals surface area contributed by atoms with Crippen molar-refractivity contribution in [3.05, 3.63) is 30.4 Å². The van der Waals surface area contributed by atoms with Crippen LogP contribution in [0.4, 0.5) is 0 Å². The molecule has 1 aliphatic heterocycles. The van der Waals surface area contributed by atoms with E-state index in [4.69, 9.17) is 4.74 Å². The topological polar surface area (TPSA) is 52.0 Å². The molecule has 2 aromatic rings. The molecule has 7 heteroatoms. The molecule has 0 saturated carbocycles. The second-order valence-corrected chi connectivity index (χ2v) is 4.30. The van der Waals surface area contributed by atoms with Gasteiger partial charge in [0.1, 0.15) is 5.82 Å². The highest BCUT2D eigenvalue weighted by molar-refractivity contribution is 5.85. The third-order valence-electron chi connectivity index (χ3n) is 3.22. The van der Waals surface area contributed by atoms with Crippen LogP contribution in [0.3, 0.4) is 0 Å². The van der Waals surface area contributed by atoms with Crippen LogP contribution in [-0.4, -0.2) is 34.7 Å². The van der Waals surface area contributed by atoms with Crippen molar-refractivity contribution >= 4 is 24.8 Å². The van der Waals surface area contributed by atoms with Gasteiger partial charge in [-0.1, -0.05) is 0 Å². The van der Waals surface area contributed by atoms with Crippen LogP contribution < -0.4 is 10.1 Å². The minimum absolute atomic E-state index is 0. The van der Waals surface area contributed by atoms with Crippen LogP contribution in [0.1, 0.15) is 5.82 Å². The van der Waals surface area contributed by atoms with Crippen molar-refractivity contribution < 1.29 is 4.74 Å². The summed E-state index contributed by atoms with van der Waals surface area (Å²) in [5, 5.41) is 3.38. The summed E-state index contributed by atoms with van der Waals surface area (Å²) in [6.45, 7) is 2.93. The lowest BCUT2D eigenvalue weighted by molar-refractivity contribution is 0.398.